The van der Waals surface area contributed by atoms with Crippen LogP contribution in [0.5, 0.6) is 0 Å². The summed E-state index contributed by atoms with van der Waals surface area (Å²) in [6.45, 7) is 2.39. The lowest BCUT2D eigenvalue weighted by Crippen LogP contribution is -2.31. The lowest BCUT2D eigenvalue weighted by molar-refractivity contribution is -0.138. The van der Waals surface area contributed by atoms with Crippen LogP contribution in [0.1, 0.15) is 25.3 Å². The molecule has 0 aliphatic heterocycles. The SMILES string of the molecule is CCCC(=O)N(C=O)CCc1ccccc1. The van der Waals surface area contributed by atoms with Crippen molar-refractivity contribution < 1.29 is 9.59 Å². The molecular formula is C13H17NO2. The van der Waals surface area contributed by atoms with Gasteiger partial charge in [-0.25, -0.2) is 0 Å². The van der Waals surface area contributed by atoms with Crippen LogP contribution in [0.2, 0.25) is 0 Å². The van der Waals surface area contributed by atoms with Crippen LogP contribution in [-0.2, 0) is 16.0 Å². The lowest BCUT2D eigenvalue weighted by atomic mass is 10.1. The molecule has 0 heterocycles. The van der Waals surface area contributed by atoms with Crippen molar-refractivity contribution in [2.75, 3.05) is 6.54 Å². The van der Waals surface area contributed by atoms with E-state index in [2.05, 4.69) is 0 Å². The van der Waals surface area contributed by atoms with Gasteiger partial charge in [-0.2, -0.15) is 0 Å². The Hall–Kier alpha value is -1.64. The molecule has 3 nitrogen and oxygen atoms in total. The zero-order chi connectivity index (χ0) is 11.8. The maximum Gasteiger partial charge on any atom is 0.228 e. The Morgan fingerprint density at radius 2 is 2.00 bits per heavy atom. The molecule has 0 aromatic heterocycles. The van der Waals surface area contributed by atoms with Crippen molar-refractivity contribution in [1.82, 2.24) is 4.90 Å². The molecule has 0 unspecified atom stereocenters. The molecule has 1 aromatic rings. The number of nitrogens with zero attached hydrogens (tertiary/aromatic N) is 1. The molecule has 1 rings (SSSR count). The van der Waals surface area contributed by atoms with Crippen LogP contribution in [0.4, 0.5) is 0 Å². The van der Waals surface area contributed by atoms with E-state index in [1.165, 1.54) is 4.90 Å². The van der Waals surface area contributed by atoms with E-state index in [4.69, 9.17) is 0 Å². The largest absolute Gasteiger partial charge is 0.285 e. The molecule has 2 amide bonds. The molecule has 0 spiro atoms. The van der Waals surface area contributed by atoms with Crippen molar-refractivity contribution in [3.05, 3.63) is 35.9 Å². The number of benzene rings is 1. The van der Waals surface area contributed by atoms with E-state index in [-0.39, 0.29) is 5.91 Å². The predicted molar refractivity (Wildman–Crippen MR) is 62.8 cm³/mol. The summed E-state index contributed by atoms with van der Waals surface area (Å²) in [7, 11) is 0. The van der Waals surface area contributed by atoms with Gasteiger partial charge in [0.2, 0.25) is 12.3 Å². The first-order valence-corrected chi connectivity index (χ1v) is 5.56. The van der Waals surface area contributed by atoms with Gasteiger partial charge in [-0.15, -0.1) is 0 Å². The fourth-order valence-corrected chi connectivity index (χ4v) is 1.49. The molecule has 0 saturated carbocycles. The van der Waals surface area contributed by atoms with Crippen molar-refractivity contribution in [3.8, 4) is 0 Å². The monoisotopic (exact) mass is 219 g/mol. The highest BCUT2D eigenvalue weighted by molar-refractivity contribution is 5.85. The first kappa shape index (κ1) is 12.4. The van der Waals surface area contributed by atoms with Gasteiger partial charge in [0.05, 0.1) is 0 Å². The van der Waals surface area contributed by atoms with Crippen LogP contribution in [0.25, 0.3) is 0 Å². The van der Waals surface area contributed by atoms with E-state index in [9.17, 15) is 9.59 Å². The van der Waals surface area contributed by atoms with Gasteiger partial charge in [0, 0.05) is 13.0 Å². The van der Waals surface area contributed by atoms with Crippen molar-refractivity contribution in [2.24, 2.45) is 0 Å². The molecule has 0 N–H and O–H groups in total. The Balaban J connectivity index is 2.46. The highest BCUT2D eigenvalue weighted by Crippen LogP contribution is 2.02. The van der Waals surface area contributed by atoms with E-state index in [0.717, 1.165) is 18.4 Å². The van der Waals surface area contributed by atoms with Gasteiger partial charge in [0.15, 0.2) is 0 Å². The predicted octanol–water partition coefficient (Wildman–Crippen LogP) is 2.01. The van der Waals surface area contributed by atoms with Gasteiger partial charge in [0.25, 0.3) is 0 Å². The van der Waals surface area contributed by atoms with Crippen molar-refractivity contribution in [2.45, 2.75) is 26.2 Å². The zero-order valence-corrected chi connectivity index (χ0v) is 9.56. The van der Waals surface area contributed by atoms with Crippen molar-refractivity contribution in [1.29, 1.82) is 0 Å². The number of hydrogen-bond donors (Lipinski definition) is 0. The number of imide groups is 1. The highest BCUT2D eigenvalue weighted by atomic mass is 16.2. The number of carbonyl (C=O) groups excluding carboxylic acids is 2. The summed E-state index contributed by atoms with van der Waals surface area (Å²) in [4.78, 5) is 23.5. The van der Waals surface area contributed by atoms with E-state index in [1.54, 1.807) is 0 Å². The second-order valence-electron chi connectivity index (χ2n) is 3.68. The Morgan fingerprint density at radius 3 is 2.56 bits per heavy atom. The molecule has 0 fully saturated rings. The quantitative estimate of drug-likeness (QED) is 0.686. The molecule has 3 heteroatoms. The molecule has 1 aromatic carbocycles. The third kappa shape index (κ3) is 3.85. The van der Waals surface area contributed by atoms with Crippen LogP contribution >= 0.6 is 0 Å². The third-order valence-corrected chi connectivity index (χ3v) is 2.40. The second kappa shape index (κ2) is 6.77. The summed E-state index contributed by atoms with van der Waals surface area (Å²) < 4.78 is 0. The summed E-state index contributed by atoms with van der Waals surface area (Å²) in [5.74, 6) is -0.0894. The molecule has 0 atom stereocenters. The number of rotatable bonds is 6. The van der Waals surface area contributed by atoms with Gasteiger partial charge >= 0.3 is 0 Å². The Bertz CT molecular complexity index is 335. The average Bonchev–Trinajstić information content (AvgIpc) is 2.31. The van der Waals surface area contributed by atoms with E-state index in [1.807, 2.05) is 37.3 Å². The Labute approximate surface area is 96.1 Å². The minimum atomic E-state index is -0.0894. The van der Waals surface area contributed by atoms with Crippen molar-refractivity contribution in [3.63, 3.8) is 0 Å². The number of carbonyl (C=O) groups is 2. The molecule has 0 saturated heterocycles. The van der Waals surface area contributed by atoms with Crippen molar-refractivity contribution >= 4 is 12.3 Å². The van der Waals surface area contributed by atoms with Gasteiger partial charge in [-0.3, -0.25) is 14.5 Å². The summed E-state index contributed by atoms with van der Waals surface area (Å²) in [6.07, 6.45) is 2.55. The van der Waals surface area contributed by atoms with Gasteiger partial charge < -0.3 is 0 Å². The van der Waals surface area contributed by atoms with Crippen LogP contribution in [0, 0.1) is 0 Å². The van der Waals surface area contributed by atoms with E-state index >= 15 is 0 Å². The number of amides is 2. The van der Waals surface area contributed by atoms with E-state index < -0.39 is 0 Å². The average molecular weight is 219 g/mol. The topological polar surface area (TPSA) is 37.4 Å². The maximum atomic E-state index is 11.5. The standard InChI is InChI=1S/C13H17NO2/c1-2-6-13(16)14(11-15)10-9-12-7-4-3-5-8-12/h3-5,7-8,11H,2,6,9-10H2,1H3. The minimum absolute atomic E-state index is 0.0894. The Kier molecular flexibility index (Phi) is 5.26. The molecule has 0 aliphatic carbocycles. The van der Waals surface area contributed by atoms with E-state index in [0.29, 0.717) is 19.4 Å². The highest BCUT2D eigenvalue weighted by Gasteiger charge is 2.10. The second-order valence-corrected chi connectivity index (χ2v) is 3.68. The van der Waals surface area contributed by atoms with Gasteiger partial charge in [-0.1, -0.05) is 37.3 Å². The minimum Gasteiger partial charge on any atom is -0.285 e. The summed E-state index contributed by atoms with van der Waals surface area (Å²) >= 11 is 0. The van der Waals surface area contributed by atoms with Crippen LogP contribution in [0.15, 0.2) is 30.3 Å². The molecule has 0 bridgehead atoms. The summed E-state index contributed by atoms with van der Waals surface area (Å²) in [5.41, 5.74) is 1.14. The summed E-state index contributed by atoms with van der Waals surface area (Å²) in [6, 6.07) is 9.84. The van der Waals surface area contributed by atoms with Crippen LogP contribution in [-0.4, -0.2) is 23.8 Å². The Morgan fingerprint density at radius 1 is 1.31 bits per heavy atom. The normalized spacial score (nSPS) is 9.81. The number of hydrogen-bond acceptors (Lipinski definition) is 2. The smallest absolute Gasteiger partial charge is 0.228 e. The lowest BCUT2D eigenvalue weighted by Gasteiger charge is -2.14. The molecule has 0 aliphatic rings. The van der Waals surface area contributed by atoms with Gasteiger partial charge in [0.1, 0.15) is 0 Å². The first-order chi connectivity index (χ1) is 7.77. The fraction of sp³-hybridized carbons (Fsp3) is 0.385. The molecule has 16 heavy (non-hydrogen) atoms. The van der Waals surface area contributed by atoms with Crippen LogP contribution in [0.3, 0.4) is 0 Å². The maximum absolute atomic E-state index is 11.5. The summed E-state index contributed by atoms with van der Waals surface area (Å²) in [5, 5.41) is 0. The molecule has 0 radical (unpaired) electrons. The molecule has 86 valence electrons. The molecular weight excluding hydrogens is 202 g/mol. The third-order valence-electron chi connectivity index (χ3n) is 2.40. The first-order valence-electron chi connectivity index (χ1n) is 5.56. The fourth-order valence-electron chi connectivity index (χ4n) is 1.49. The zero-order valence-electron chi connectivity index (χ0n) is 9.56. The van der Waals surface area contributed by atoms with Gasteiger partial charge in [-0.05, 0) is 18.4 Å². The van der Waals surface area contributed by atoms with Crippen LogP contribution < -0.4 is 0 Å².